The van der Waals surface area contributed by atoms with E-state index in [-0.39, 0.29) is 19.5 Å². The second-order valence-electron chi connectivity index (χ2n) is 7.19. The van der Waals surface area contributed by atoms with E-state index < -0.39 is 20.8 Å². The number of H-pyrrole nitrogens is 1. The number of nitriles is 1. The van der Waals surface area contributed by atoms with Gasteiger partial charge in [-0.2, -0.15) is 14.7 Å². The average Bonchev–Trinajstić information content (AvgIpc) is 3.26. The van der Waals surface area contributed by atoms with E-state index in [1.54, 1.807) is 30.9 Å². The standard InChI is InChI=1S/C18H20N6O2S/c1-13(2)27(25,26)23-11-18(12-23,5-6-19)24-10-14(9-22-24)15-3-7-20-17-16(15)4-8-21-17/h3-4,7-10,13H,5,11-12H2,1-2H3,(H,20,21). The number of pyridine rings is 1. The van der Waals surface area contributed by atoms with Crippen LogP contribution in [-0.4, -0.2) is 50.8 Å². The van der Waals surface area contributed by atoms with Crippen LogP contribution in [0, 0.1) is 11.3 Å². The molecule has 0 amide bonds. The van der Waals surface area contributed by atoms with Crippen LogP contribution in [0.5, 0.6) is 0 Å². The lowest BCUT2D eigenvalue weighted by Crippen LogP contribution is -2.65. The first-order valence-corrected chi connectivity index (χ1v) is 10.2. The minimum atomic E-state index is -3.33. The SMILES string of the molecule is CC(C)S(=O)(=O)N1CC(CC#N)(n2cc(-c3ccnc4[nH]ccc34)cn2)C1. The zero-order valence-electron chi connectivity index (χ0n) is 15.1. The fourth-order valence-corrected chi connectivity index (χ4v) is 4.94. The number of rotatable bonds is 5. The van der Waals surface area contributed by atoms with Crippen LogP contribution >= 0.6 is 0 Å². The highest BCUT2D eigenvalue weighted by molar-refractivity contribution is 7.89. The molecule has 1 aliphatic heterocycles. The van der Waals surface area contributed by atoms with Crippen molar-refractivity contribution >= 4 is 21.1 Å². The third-order valence-corrected chi connectivity index (χ3v) is 7.31. The summed E-state index contributed by atoms with van der Waals surface area (Å²) >= 11 is 0. The number of sulfonamides is 1. The summed E-state index contributed by atoms with van der Waals surface area (Å²) in [6, 6.07) is 6.07. The lowest BCUT2D eigenvalue weighted by Gasteiger charge is -2.48. The van der Waals surface area contributed by atoms with Crippen molar-refractivity contribution in [1.29, 1.82) is 5.26 Å². The molecule has 1 aliphatic rings. The van der Waals surface area contributed by atoms with Gasteiger partial charge in [-0.25, -0.2) is 13.4 Å². The van der Waals surface area contributed by atoms with E-state index in [1.807, 2.05) is 24.5 Å². The number of fused-ring (bicyclic) bond motifs is 1. The maximum Gasteiger partial charge on any atom is 0.216 e. The average molecular weight is 384 g/mol. The molecule has 3 aromatic rings. The van der Waals surface area contributed by atoms with E-state index >= 15 is 0 Å². The minimum Gasteiger partial charge on any atom is -0.346 e. The molecule has 0 saturated carbocycles. The Hall–Kier alpha value is -2.70. The zero-order valence-corrected chi connectivity index (χ0v) is 15.9. The molecular weight excluding hydrogens is 364 g/mol. The fraction of sp³-hybridized carbons (Fsp3) is 0.389. The molecule has 8 nitrogen and oxygen atoms in total. The predicted molar refractivity (Wildman–Crippen MR) is 101 cm³/mol. The second-order valence-corrected chi connectivity index (χ2v) is 9.68. The van der Waals surface area contributed by atoms with Crippen molar-refractivity contribution in [2.24, 2.45) is 0 Å². The quantitative estimate of drug-likeness (QED) is 0.725. The summed E-state index contributed by atoms with van der Waals surface area (Å²) in [6.07, 6.45) is 7.41. The third kappa shape index (κ3) is 2.72. The highest BCUT2D eigenvalue weighted by Gasteiger charge is 2.50. The molecule has 3 aromatic heterocycles. The van der Waals surface area contributed by atoms with Crippen molar-refractivity contribution in [2.45, 2.75) is 31.1 Å². The molecule has 0 bridgehead atoms. The lowest BCUT2D eigenvalue weighted by molar-refractivity contribution is 0.0711. The van der Waals surface area contributed by atoms with Crippen LogP contribution < -0.4 is 0 Å². The molecule has 4 heterocycles. The molecule has 4 rings (SSSR count). The van der Waals surface area contributed by atoms with Gasteiger partial charge in [0.25, 0.3) is 0 Å². The molecule has 27 heavy (non-hydrogen) atoms. The summed E-state index contributed by atoms with van der Waals surface area (Å²) < 4.78 is 27.9. The molecule has 0 unspecified atom stereocenters. The van der Waals surface area contributed by atoms with Crippen molar-refractivity contribution in [3.05, 3.63) is 36.9 Å². The number of hydrogen-bond donors (Lipinski definition) is 1. The van der Waals surface area contributed by atoms with Crippen LogP contribution in [0.1, 0.15) is 20.3 Å². The number of nitrogens with one attached hydrogen (secondary N) is 1. The van der Waals surface area contributed by atoms with Crippen LogP contribution in [0.4, 0.5) is 0 Å². The van der Waals surface area contributed by atoms with Crippen LogP contribution in [0.15, 0.2) is 36.9 Å². The maximum absolute atomic E-state index is 12.4. The van der Waals surface area contributed by atoms with Crippen molar-refractivity contribution in [3.63, 3.8) is 0 Å². The molecule has 140 valence electrons. The number of hydrogen-bond acceptors (Lipinski definition) is 5. The van der Waals surface area contributed by atoms with E-state index in [1.165, 1.54) is 4.31 Å². The van der Waals surface area contributed by atoms with Gasteiger partial charge in [0.1, 0.15) is 11.2 Å². The largest absolute Gasteiger partial charge is 0.346 e. The van der Waals surface area contributed by atoms with Gasteiger partial charge in [-0.15, -0.1) is 0 Å². The molecule has 9 heteroatoms. The Balaban J connectivity index is 1.67. The first kappa shape index (κ1) is 17.7. The summed E-state index contributed by atoms with van der Waals surface area (Å²) in [4.78, 5) is 7.38. The first-order valence-electron chi connectivity index (χ1n) is 8.71. The Morgan fingerprint density at radius 2 is 2.15 bits per heavy atom. The summed E-state index contributed by atoms with van der Waals surface area (Å²) in [7, 11) is -3.33. The van der Waals surface area contributed by atoms with Crippen LogP contribution in [-0.2, 0) is 15.6 Å². The molecule has 0 radical (unpaired) electrons. The molecule has 0 aromatic carbocycles. The molecule has 1 fully saturated rings. The first-order chi connectivity index (χ1) is 12.9. The van der Waals surface area contributed by atoms with Crippen molar-refractivity contribution in [1.82, 2.24) is 24.1 Å². The van der Waals surface area contributed by atoms with Gasteiger partial charge in [-0.1, -0.05) is 0 Å². The van der Waals surface area contributed by atoms with Gasteiger partial charge in [0, 0.05) is 42.6 Å². The minimum absolute atomic E-state index is 0.203. The van der Waals surface area contributed by atoms with Gasteiger partial charge in [0.15, 0.2) is 0 Å². The van der Waals surface area contributed by atoms with Crippen LogP contribution in [0.25, 0.3) is 22.2 Å². The molecule has 1 N–H and O–H groups in total. The molecule has 0 spiro atoms. The summed E-state index contributed by atoms with van der Waals surface area (Å²) in [5.74, 6) is 0. The number of aromatic nitrogens is 4. The third-order valence-electron chi connectivity index (χ3n) is 5.14. The van der Waals surface area contributed by atoms with E-state index in [9.17, 15) is 13.7 Å². The number of aromatic amines is 1. The Morgan fingerprint density at radius 3 is 2.85 bits per heavy atom. The van der Waals surface area contributed by atoms with Gasteiger partial charge >= 0.3 is 0 Å². The van der Waals surface area contributed by atoms with E-state index in [0.29, 0.717) is 0 Å². The maximum atomic E-state index is 12.4. The highest BCUT2D eigenvalue weighted by atomic mass is 32.2. The monoisotopic (exact) mass is 384 g/mol. The Morgan fingerprint density at radius 1 is 1.37 bits per heavy atom. The predicted octanol–water partition coefficient (Wildman–Crippen LogP) is 2.09. The molecular formula is C18H20N6O2S. The summed E-state index contributed by atoms with van der Waals surface area (Å²) in [5, 5.41) is 14.3. The molecule has 0 aliphatic carbocycles. The highest BCUT2D eigenvalue weighted by Crippen LogP contribution is 2.36. The zero-order chi connectivity index (χ0) is 19.2. The van der Waals surface area contributed by atoms with E-state index in [2.05, 4.69) is 21.1 Å². The van der Waals surface area contributed by atoms with E-state index in [0.717, 1.165) is 22.2 Å². The van der Waals surface area contributed by atoms with Crippen molar-refractivity contribution in [2.75, 3.05) is 13.1 Å². The Bertz CT molecular complexity index is 1130. The van der Waals surface area contributed by atoms with Crippen molar-refractivity contribution < 1.29 is 8.42 Å². The van der Waals surface area contributed by atoms with Gasteiger partial charge < -0.3 is 4.98 Å². The molecule has 0 atom stereocenters. The summed E-state index contributed by atoms with van der Waals surface area (Å²) in [6.45, 7) is 3.85. The van der Waals surface area contributed by atoms with Gasteiger partial charge in [0.05, 0.1) is 23.9 Å². The number of nitrogens with zero attached hydrogens (tertiary/aromatic N) is 5. The Labute approximate surface area is 157 Å². The van der Waals surface area contributed by atoms with Gasteiger partial charge in [-0.05, 0) is 31.5 Å². The normalized spacial score (nSPS) is 17.1. The van der Waals surface area contributed by atoms with Gasteiger partial charge in [-0.3, -0.25) is 4.68 Å². The van der Waals surface area contributed by atoms with Crippen molar-refractivity contribution in [3.8, 4) is 17.2 Å². The fourth-order valence-electron chi connectivity index (χ4n) is 3.51. The Kier molecular flexibility index (Phi) is 4.05. The van der Waals surface area contributed by atoms with Crippen LogP contribution in [0.3, 0.4) is 0 Å². The smallest absolute Gasteiger partial charge is 0.216 e. The molecule has 1 saturated heterocycles. The topological polar surface area (TPSA) is 108 Å². The van der Waals surface area contributed by atoms with E-state index in [4.69, 9.17) is 0 Å². The second kappa shape index (κ2) is 6.18. The summed E-state index contributed by atoms with van der Waals surface area (Å²) in [5.41, 5.74) is 2.07. The van der Waals surface area contributed by atoms with Crippen LogP contribution in [0.2, 0.25) is 0 Å². The lowest BCUT2D eigenvalue weighted by atomic mass is 9.89. The van der Waals surface area contributed by atoms with Gasteiger partial charge in [0.2, 0.25) is 10.0 Å².